The van der Waals surface area contributed by atoms with E-state index in [2.05, 4.69) is 25.4 Å². The summed E-state index contributed by atoms with van der Waals surface area (Å²) in [5.74, 6) is -2.78. The molecule has 0 spiro atoms. The molecule has 12 heteroatoms. The van der Waals surface area contributed by atoms with Gasteiger partial charge in [-0.1, -0.05) is 10.2 Å². The number of ether oxygens (including phenoxy) is 1. The highest BCUT2D eigenvalue weighted by Gasteiger charge is 2.42. The van der Waals surface area contributed by atoms with Gasteiger partial charge in [0.2, 0.25) is 0 Å². The quantitative estimate of drug-likeness (QED) is 0.361. The van der Waals surface area contributed by atoms with E-state index < -0.39 is 30.0 Å². The Morgan fingerprint density at radius 2 is 2.08 bits per heavy atom. The number of rotatable bonds is 8. The summed E-state index contributed by atoms with van der Waals surface area (Å²) in [5.41, 5.74) is 17.7. The number of carboxylic acids is 2. The summed E-state index contributed by atoms with van der Waals surface area (Å²) in [4.78, 5) is 27.7. The van der Waals surface area contributed by atoms with Crippen molar-refractivity contribution in [2.75, 3.05) is 6.54 Å². The Morgan fingerprint density at radius 3 is 2.69 bits per heavy atom. The summed E-state index contributed by atoms with van der Waals surface area (Å²) in [6.45, 7) is 0.0701. The molecule has 3 N–H and O–H groups in total. The summed E-state index contributed by atoms with van der Waals surface area (Å²) in [5, 5.41) is 27.9. The van der Waals surface area contributed by atoms with Crippen LogP contribution in [0.1, 0.15) is 12.0 Å². The number of aliphatic carboxylic acids is 2. The van der Waals surface area contributed by atoms with Gasteiger partial charge in [-0.05, 0) is 29.3 Å². The van der Waals surface area contributed by atoms with Crippen molar-refractivity contribution in [3.8, 4) is 5.75 Å². The number of azide groups is 2. The molecule has 26 heavy (non-hydrogen) atoms. The van der Waals surface area contributed by atoms with Crippen molar-refractivity contribution in [3.63, 3.8) is 0 Å². The number of carbonyl (C=O) groups is 2. The van der Waals surface area contributed by atoms with Gasteiger partial charge in [0.05, 0.1) is 13.0 Å². The highest BCUT2D eigenvalue weighted by atomic mass is 16.5. The third-order valence-corrected chi connectivity index (χ3v) is 3.91. The van der Waals surface area contributed by atoms with Gasteiger partial charge in [-0.3, -0.25) is 9.59 Å². The molecule has 0 aliphatic carbocycles. The first-order chi connectivity index (χ1) is 12.5. The third kappa shape index (κ3) is 4.54. The zero-order chi connectivity index (χ0) is 19.1. The van der Waals surface area contributed by atoms with Gasteiger partial charge < -0.3 is 20.3 Å². The van der Waals surface area contributed by atoms with Crippen LogP contribution in [0, 0.1) is 5.92 Å². The summed E-state index contributed by atoms with van der Waals surface area (Å²) >= 11 is 0. The molecule has 1 aromatic carbocycles. The van der Waals surface area contributed by atoms with E-state index >= 15 is 0 Å². The number of nitrogens with zero attached hydrogens (tertiary/aromatic N) is 6. The van der Waals surface area contributed by atoms with Crippen molar-refractivity contribution < 1.29 is 24.5 Å². The second kappa shape index (κ2) is 8.58. The third-order valence-electron chi connectivity index (χ3n) is 3.91. The molecule has 0 saturated carbocycles. The first kappa shape index (κ1) is 18.9. The highest BCUT2D eigenvalue weighted by molar-refractivity contribution is 5.76. The molecule has 0 bridgehead atoms. The molecule has 3 atom stereocenters. The average Bonchev–Trinajstić information content (AvgIpc) is 2.97. The molecule has 1 aliphatic rings. The summed E-state index contributed by atoms with van der Waals surface area (Å²) in [7, 11) is 0. The van der Waals surface area contributed by atoms with E-state index in [0.717, 1.165) is 0 Å². The molecule has 0 unspecified atom stereocenters. The smallest absolute Gasteiger partial charge is 0.321 e. The number of hydrogen-bond acceptors (Lipinski definition) is 6. The van der Waals surface area contributed by atoms with Gasteiger partial charge in [-0.25, -0.2) is 0 Å². The lowest BCUT2D eigenvalue weighted by molar-refractivity contribution is -0.142. The molecule has 136 valence electrons. The van der Waals surface area contributed by atoms with E-state index in [1.54, 1.807) is 0 Å². The van der Waals surface area contributed by atoms with Gasteiger partial charge in [0.1, 0.15) is 17.9 Å². The largest absolute Gasteiger partial charge is 0.488 e. The van der Waals surface area contributed by atoms with E-state index in [9.17, 15) is 14.7 Å². The van der Waals surface area contributed by atoms with Crippen molar-refractivity contribution in [1.29, 1.82) is 0 Å². The van der Waals surface area contributed by atoms with E-state index in [4.69, 9.17) is 20.9 Å². The number of hydrogen-bond donors (Lipinski definition) is 3. The molecular formula is C14H15N7O5. The molecule has 0 aromatic heterocycles. The minimum Gasteiger partial charge on any atom is -0.488 e. The molecule has 1 saturated heterocycles. The van der Waals surface area contributed by atoms with Gasteiger partial charge in [-0.15, -0.1) is 0 Å². The van der Waals surface area contributed by atoms with Gasteiger partial charge in [0, 0.05) is 33.5 Å². The van der Waals surface area contributed by atoms with Crippen molar-refractivity contribution in [2.45, 2.75) is 25.1 Å². The number of nitrogens with one attached hydrogen (secondary N) is 1. The van der Waals surface area contributed by atoms with E-state index in [1.807, 2.05) is 0 Å². The Labute approximate surface area is 146 Å². The van der Waals surface area contributed by atoms with Crippen LogP contribution in [0.2, 0.25) is 0 Å². The van der Waals surface area contributed by atoms with Crippen LogP contribution < -0.4 is 10.1 Å². The van der Waals surface area contributed by atoms with Crippen molar-refractivity contribution >= 4 is 17.6 Å². The molecule has 0 radical (unpaired) electrons. The zero-order valence-electron chi connectivity index (χ0n) is 13.4. The van der Waals surface area contributed by atoms with Crippen molar-refractivity contribution in [3.05, 3.63) is 44.6 Å². The van der Waals surface area contributed by atoms with Crippen LogP contribution in [0.4, 0.5) is 5.69 Å². The molecule has 1 aromatic rings. The molecule has 12 nitrogen and oxygen atoms in total. The number of carboxylic acid groups (broad SMARTS) is 2. The van der Waals surface area contributed by atoms with Crippen LogP contribution in [-0.2, 0) is 16.1 Å². The predicted octanol–water partition coefficient (Wildman–Crippen LogP) is 2.33. The lowest BCUT2D eigenvalue weighted by Gasteiger charge is -2.22. The van der Waals surface area contributed by atoms with E-state index in [0.29, 0.717) is 11.3 Å². The van der Waals surface area contributed by atoms with Crippen molar-refractivity contribution in [2.24, 2.45) is 16.1 Å². The predicted molar refractivity (Wildman–Crippen MR) is 87.7 cm³/mol. The van der Waals surface area contributed by atoms with Gasteiger partial charge in [0.25, 0.3) is 0 Å². The SMILES string of the molecule is [N-]=[N+]=NCc1cc(N=[N+]=[N-])ccc1O[C@H]1CN[C@H](C(=O)O)[C@H]1CC(=O)O. The second-order valence-electron chi connectivity index (χ2n) is 5.51. The first-order valence-electron chi connectivity index (χ1n) is 7.49. The fraction of sp³-hybridized carbons (Fsp3) is 0.429. The van der Waals surface area contributed by atoms with Crippen LogP contribution in [-0.4, -0.2) is 40.8 Å². The maximum atomic E-state index is 11.3. The molecule has 1 aliphatic heterocycles. The maximum Gasteiger partial charge on any atom is 0.321 e. The monoisotopic (exact) mass is 361 g/mol. The Kier molecular flexibility index (Phi) is 6.23. The van der Waals surface area contributed by atoms with Gasteiger partial charge >= 0.3 is 11.9 Å². The van der Waals surface area contributed by atoms with Gasteiger partial charge in [0.15, 0.2) is 0 Å². The van der Waals surface area contributed by atoms with Crippen LogP contribution in [0.3, 0.4) is 0 Å². The molecule has 1 heterocycles. The maximum absolute atomic E-state index is 11.3. The van der Waals surface area contributed by atoms with Gasteiger partial charge in [-0.2, -0.15) is 0 Å². The van der Waals surface area contributed by atoms with E-state index in [1.165, 1.54) is 18.2 Å². The highest BCUT2D eigenvalue weighted by Crippen LogP contribution is 2.30. The van der Waals surface area contributed by atoms with Crippen LogP contribution >= 0.6 is 0 Å². The Morgan fingerprint density at radius 1 is 1.31 bits per heavy atom. The Bertz CT molecular complexity index is 801. The molecule has 2 rings (SSSR count). The Hall–Kier alpha value is -3.46. The second-order valence-corrected chi connectivity index (χ2v) is 5.51. The lowest BCUT2D eigenvalue weighted by Crippen LogP contribution is -2.38. The zero-order valence-corrected chi connectivity index (χ0v) is 13.4. The fourth-order valence-electron chi connectivity index (χ4n) is 2.80. The average molecular weight is 361 g/mol. The number of benzene rings is 1. The summed E-state index contributed by atoms with van der Waals surface area (Å²) < 4.78 is 5.82. The normalized spacial score (nSPS) is 21.3. The van der Waals surface area contributed by atoms with E-state index in [-0.39, 0.29) is 25.2 Å². The molecular weight excluding hydrogens is 346 g/mol. The summed E-state index contributed by atoms with van der Waals surface area (Å²) in [6.07, 6.45) is -1.08. The van der Waals surface area contributed by atoms with Crippen LogP contribution in [0.5, 0.6) is 5.75 Å². The van der Waals surface area contributed by atoms with Crippen LogP contribution in [0.15, 0.2) is 28.4 Å². The minimum absolute atomic E-state index is 0.0767. The molecule has 0 amide bonds. The topological polar surface area (TPSA) is 193 Å². The first-order valence-corrected chi connectivity index (χ1v) is 7.49. The van der Waals surface area contributed by atoms with Crippen LogP contribution in [0.25, 0.3) is 20.9 Å². The Balaban J connectivity index is 2.29. The minimum atomic E-state index is -1.16. The summed E-state index contributed by atoms with van der Waals surface area (Å²) in [6, 6.07) is 3.42. The van der Waals surface area contributed by atoms with Crippen molar-refractivity contribution in [1.82, 2.24) is 5.32 Å². The fourth-order valence-corrected chi connectivity index (χ4v) is 2.80. The lowest BCUT2D eigenvalue weighted by atomic mass is 9.94. The standard InChI is InChI=1S/C14H15N7O5/c15-20-18-5-7-3-8(19-21-16)1-2-10(7)26-11-6-17-13(14(24)25)9(11)4-12(22)23/h1-3,9,11,13,17H,4-6H2,(H,22,23)(H,24,25)/t9-,11-,13-/m0/s1. The molecule has 1 fully saturated rings.